The van der Waals surface area contributed by atoms with E-state index < -0.39 is 0 Å². The summed E-state index contributed by atoms with van der Waals surface area (Å²) in [7, 11) is 0. The molecule has 0 aliphatic heterocycles. The van der Waals surface area contributed by atoms with Gasteiger partial charge >= 0.3 is 0 Å². The van der Waals surface area contributed by atoms with Crippen molar-refractivity contribution in [3.8, 4) is 5.75 Å². The lowest BCUT2D eigenvalue weighted by Crippen LogP contribution is -1.99. The van der Waals surface area contributed by atoms with E-state index >= 15 is 0 Å². The Morgan fingerprint density at radius 2 is 2.33 bits per heavy atom. The van der Waals surface area contributed by atoms with Gasteiger partial charge in [0.25, 0.3) is 0 Å². The molecule has 15 heavy (non-hydrogen) atoms. The smallest absolute Gasteiger partial charge is 0.123 e. The molecule has 3 N–H and O–H groups in total. The molecule has 0 fully saturated rings. The largest absolute Gasteiger partial charge is 0.508 e. The van der Waals surface area contributed by atoms with Crippen LogP contribution in [0, 0.1) is 5.82 Å². The number of nitrogens with zero attached hydrogens (tertiary/aromatic N) is 1. The SMILES string of the molecule is Oc1ccc(F)cc1CNc1cn[nH]c1. The van der Waals surface area contributed by atoms with Crippen LogP contribution in [-0.4, -0.2) is 15.3 Å². The summed E-state index contributed by atoms with van der Waals surface area (Å²) in [5.41, 5.74) is 1.30. The first-order valence-electron chi connectivity index (χ1n) is 4.46. The lowest BCUT2D eigenvalue weighted by atomic mass is 10.2. The quantitative estimate of drug-likeness (QED) is 0.720. The van der Waals surface area contributed by atoms with Crippen LogP contribution in [0.1, 0.15) is 5.56 Å². The predicted octanol–water partition coefficient (Wildman–Crippen LogP) is 1.87. The first-order valence-corrected chi connectivity index (χ1v) is 4.46. The molecule has 2 rings (SSSR count). The molecule has 0 unspecified atom stereocenters. The molecule has 0 spiro atoms. The van der Waals surface area contributed by atoms with E-state index in [1.54, 1.807) is 12.4 Å². The van der Waals surface area contributed by atoms with Crippen LogP contribution in [-0.2, 0) is 6.54 Å². The number of benzene rings is 1. The lowest BCUT2D eigenvalue weighted by Gasteiger charge is -2.05. The highest BCUT2D eigenvalue weighted by atomic mass is 19.1. The van der Waals surface area contributed by atoms with Gasteiger partial charge in [-0.2, -0.15) is 5.10 Å². The minimum Gasteiger partial charge on any atom is -0.508 e. The molecule has 0 saturated heterocycles. The van der Waals surface area contributed by atoms with Crippen molar-refractivity contribution in [3.63, 3.8) is 0 Å². The van der Waals surface area contributed by atoms with Gasteiger partial charge in [0.15, 0.2) is 0 Å². The Morgan fingerprint density at radius 3 is 3.07 bits per heavy atom. The van der Waals surface area contributed by atoms with Gasteiger partial charge in [-0.1, -0.05) is 0 Å². The van der Waals surface area contributed by atoms with Gasteiger partial charge in [-0.25, -0.2) is 4.39 Å². The van der Waals surface area contributed by atoms with Gasteiger partial charge in [0.1, 0.15) is 11.6 Å². The topological polar surface area (TPSA) is 60.9 Å². The van der Waals surface area contributed by atoms with Gasteiger partial charge in [0.2, 0.25) is 0 Å². The summed E-state index contributed by atoms with van der Waals surface area (Å²) in [6.45, 7) is 0.350. The second kappa shape index (κ2) is 4.00. The van der Waals surface area contributed by atoms with E-state index in [-0.39, 0.29) is 11.6 Å². The van der Waals surface area contributed by atoms with Crippen LogP contribution in [0.5, 0.6) is 5.75 Å². The first-order chi connectivity index (χ1) is 7.25. The van der Waals surface area contributed by atoms with Crippen molar-refractivity contribution >= 4 is 5.69 Å². The summed E-state index contributed by atoms with van der Waals surface area (Å²) in [4.78, 5) is 0. The van der Waals surface area contributed by atoms with Gasteiger partial charge in [-0.3, -0.25) is 5.10 Å². The average Bonchev–Trinajstić information content (AvgIpc) is 2.72. The number of aromatic amines is 1. The van der Waals surface area contributed by atoms with Crippen LogP contribution in [0.2, 0.25) is 0 Å². The molecule has 78 valence electrons. The minimum absolute atomic E-state index is 0.0763. The molecule has 5 heteroatoms. The van der Waals surface area contributed by atoms with Crippen LogP contribution in [0.25, 0.3) is 0 Å². The Bertz CT molecular complexity index is 442. The van der Waals surface area contributed by atoms with Gasteiger partial charge in [-0.05, 0) is 18.2 Å². The number of aromatic nitrogens is 2. The molecule has 2 aromatic rings. The van der Waals surface area contributed by atoms with Gasteiger partial charge in [0, 0.05) is 18.3 Å². The highest BCUT2D eigenvalue weighted by molar-refractivity contribution is 5.41. The molecule has 0 amide bonds. The number of halogens is 1. The number of hydrogen-bond acceptors (Lipinski definition) is 3. The molecule has 4 nitrogen and oxygen atoms in total. The summed E-state index contributed by atoms with van der Waals surface area (Å²) in [6, 6.07) is 3.85. The Morgan fingerprint density at radius 1 is 1.47 bits per heavy atom. The average molecular weight is 207 g/mol. The van der Waals surface area contributed by atoms with E-state index in [4.69, 9.17) is 0 Å². The molecule has 0 atom stereocenters. The number of hydrogen-bond donors (Lipinski definition) is 3. The fraction of sp³-hybridized carbons (Fsp3) is 0.100. The molecule has 1 heterocycles. The van der Waals surface area contributed by atoms with Crippen LogP contribution in [0.4, 0.5) is 10.1 Å². The van der Waals surface area contributed by atoms with E-state index in [1.807, 2.05) is 0 Å². The first kappa shape index (κ1) is 9.51. The van der Waals surface area contributed by atoms with Gasteiger partial charge in [-0.15, -0.1) is 0 Å². The zero-order chi connectivity index (χ0) is 10.7. The number of anilines is 1. The molecular weight excluding hydrogens is 197 g/mol. The summed E-state index contributed by atoms with van der Waals surface area (Å²) in [5.74, 6) is -0.288. The number of nitrogens with one attached hydrogen (secondary N) is 2. The molecular formula is C10H10FN3O. The number of phenols is 1. The lowest BCUT2D eigenvalue weighted by molar-refractivity contribution is 0.466. The normalized spacial score (nSPS) is 10.2. The Hall–Kier alpha value is -2.04. The van der Waals surface area contributed by atoms with Crippen molar-refractivity contribution in [2.75, 3.05) is 5.32 Å². The molecule has 0 aliphatic rings. The number of aromatic hydroxyl groups is 1. The zero-order valence-electron chi connectivity index (χ0n) is 7.87. The maximum absolute atomic E-state index is 12.9. The summed E-state index contributed by atoms with van der Waals surface area (Å²) < 4.78 is 12.9. The van der Waals surface area contributed by atoms with E-state index in [1.165, 1.54) is 18.2 Å². The second-order valence-electron chi connectivity index (χ2n) is 3.11. The minimum atomic E-state index is -0.364. The van der Waals surface area contributed by atoms with Crippen LogP contribution in [0.15, 0.2) is 30.6 Å². The monoisotopic (exact) mass is 207 g/mol. The van der Waals surface area contributed by atoms with Crippen LogP contribution < -0.4 is 5.32 Å². The van der Waals surface area contributed by atoms with Crippen molar-refractivity contribution in [2.24, 2.45) is 0 Å². The fourth-order valence-electron chi connectivity index (χ4n) is 1.24. The van der Waals surface area contributed by atoms with E-state index in [2.05, 4.69) is 15.5 Å². The van der Waals surface area contributed by atoms with Gasteiger partial charge in [0.05, 0.1) is 11.9 Å². The number of phenolic OH excluding ortho intramolecular Hbond substituents is 1. The number of H-pyrrole nitrogens is 1. The van der Waals surface area contributed by atoms with Crippen molar-refractivity contribution in [2.45, 2.75) is 6.54 Å². The van der Waals surface area contributed by atoms with E-state index in [9.17, 15) is 9.50 Å². The number of rotatable bonds is 3. The molecule has 0 radical (unpaired) electrons. The second-order valence-corrected chi connectivity index (χ2v) is 3.11. The highest BCUT2D eigenvalue weighted by Crippen LogP contribution is 2.18. The molecule has 1 aromatic heterocycles. The van der Waals surface area contributed by atoms with E-state index in [0.29, 0.717) is 12.1 Å². The van der Waals surface area contributed by atoms with Crippen LogP contribution in [0.3, 0.4) is 0 Å². The van der Waals surface area contributed by atoms with Crippen molar-refractivity contribution < 1.29 is 9.50 Å². The standard InChI is InChI=1S/C10H10FN3O/c11-8-1-2-10(15)7(3-8)4-12-9-5-13-14-6-9/h1-3,5-6,12,15H,4H2,(H,13,14). The highest BCUT2D eigenvalue weighted by Gasteiger charge is 2.02. The third-order valence-electron chi connectivity index (χ3n) is 2.02. The summed E-state index contributed by atoms with van der Waals surface area (Å²) in [5, 5.41) is 18.8. The molecule has 0 aliphatic carbocycles. The predicted molar refractivity (Wildman–Crippen MR) is 54.0 cm³/mol. The zero-order valence-corrected chi connectivity index (χ0v) is 7.87. The van der Waals surface area contributed by atoms with Crippen molar-refractivity contribution in [1.29, 1.82) is 0 Å². The van der Waals surface area contributed by atoms with Crippen molar-refractivity contribution in [1.82, 2.24) is 10.2 Å². The third-order valence-corrected chi connectivity index (χ3v) is 2.02. The van der Waals surface area contributed by atoms with E-state index in [0.717, 1.165) is 5.69 Å². The van der Waals surface area contributed by atoms with Gasteiger partial charge < -0.3 is 10.4 Å². The Balaban J connectivity index is 2.07. The van der Waals surface area contributed by atoms with Crippen molar-refractivity contribution in [3.05, 3.63) is 42.0 Å². The molecule has 0 saturated carbocycles. The van der Waals surface area contributed by atoms with Crippen LogP contribution >= 0.6 is 0 Å². The molecule has 1 aromatic carbocycles. The maximum Gasteiger partial charge on any atom is 0.123 e. The summed E-state index contributed by atoms with van der Waals surface area (Å²) in [6.07, 6.45) is 3.28. The maximum atomic E-state index is 12.9. The Kier molecular flexibility index (Phi) is 2.53. The third kappa shape index (κ3) is 2.25. The molecule has 0 bridgehead atoms. The Labute approximate surface area is 85.8 Å². The fourth-order valence-corrected chi connectivity index (χ4v) is 1.24. The summed E-state index contributed by atoms with van der Waals surface area (Å²) >= 11 is 0.